The lowest BCUT2D eigenvalue weighted by Gasteiger charge is -2.39. The van der Waals surface area contributed by atoms with Crippen LogP contribution in [0.1, 0.15) is 39.4 Å². The maximum absolute atomic E-state index is 14.1. The first-order chi connectivity index (χ1) is 17.4. The molecule has 4 heterocycles. The maximum atomic E-state index is 14.1. The topological polar surface area (TPSA) is 79.6 Å². The van der Waals surface area contributed by atoms with Crippen molar-refractivity contribution >= 4 is 28.6 Å². The smallest absolute Gasteiger partial charge is 0.296 e. The molecule has 0 unspecified atom stereocenters. The van der Waals surface area contributed by atoms with Crippen molar-refractivity contribution in [2.75, 3.05) is 49.1 Å². The number of carbonyl (C=O) groups excluding carboxylic acids is 1. The van der Waals surface area contributed by atoms with E-state index in [2.05, 4.69) is 21.7 Å². The number of aromatic nitrogens is 4. The Hall–Kier alpha value is -3.34. The largest absolute Gasteiger partial charge is 0.375 e. The second-order valence-corrected chi connectivity index (χ2v) is 9.21. The van der Waals surface area contributed by atoms with Gasteiger partial charge in [-0.05, 0) is 26.0 Å². The first-order valence-corrected chi connectivity index (χ1v) is 12.4. The van der Waals surface area contributed by atoms with Crippen LogP contribution in [0.2, 0.25) is 0 Å². The molecular weight excluding hydrogens is 468 g/mol. The number of hydrogen-bond acceptors (Lipinski definition) is 7. The number of nitrogens with zero attached hydrogens (tertiary/aromatic N) is 7. The Labute approximate surface area is 208 Å². The minimum Gasteiger partial charge on any atom is -0.375 e. The van der Waals surface area contributed by atoms with Gasteiger partial charge in [-0.3, -0.25) is 9.36 Å². The Kier molecular flexibility index (Phi) is 6.74. The van der Waals surface area contributed by atoms with Crippen LogP contribution in [0, 0.1) is 0 Å². The molecule has 9 nitrogen and oxygen atoms in total. The summed E-state index contributed by atoms with van der Waals surface area (Å²) in [5, 5.41) is 0. The summed E-state index contributed by atoms with van der Waals surface area (Å²) in [4.78, 5) is 32.0. The summed E-state index contributed by atoms with van der Waals surface area (Å²) in [5.41, 5.74) is 0.987. The van der Waals surface area contributed by atoms with E-state index in [9.17, 15) is 13.6 Å². The highest BCUT2D eigenvalue weighted by molar-refractivity contribution is 5.78. The van der Waals surface area contributed by atoms with Crippen molar-refractivity contribution in [3.63, 3.8) is 0 Å². The molecule has 0 aliphatic carbocycles. The van der Waals surface area contributed by atoms with Gasteiger partial charge in [0.05, 0.1) is 29.8 Å². The number of halogens is 2. The molecule has 3 aromatic rings. The zero-order valence-electron chi connectivity index (χ0n) is 20.8. The number of ether oxygens (including phenoxy) is 1. The molecule has 2 aliphatic heterocycles. The molecule has 5 rings (SSSR count). The summed E-state index contributed by atoms with van der Waals surface area (Å²) in [6.45, 7) is 9.50. The number of hydrogen-bond donors (Lipinski definition) is 0. The first-order valence-electron chi connectivity index (χ1n) is 12.4. The fraction of sp³-hybridized carbons (Fsp3) is 0.520. The van der Waals surface area contributed by atoms with E-state index in [4.69, 9.17) is 14.7 Å². The maximum Gasteiger partial charge on any atom is 0.296 e. The zero-order valence-corrected chi connectivity index (χ0v) is 20.8. The highest BCUT2D eigenvalue weighted by Crippen LogP contribution is 2.31. The lowest BCUT2D eigenvalue weighted by molar-refractivity contribution is -0.131. The molecule has 0 radical (unpaired) electrons. The number of benzene rings is 1. The van der Waals surface area contributed by atoms with Crippen molar-refractivity contribution in [1.29, 1.82) is 0 Å². The lowest BCUT2D eigenvalue weighted by Crippen LogP contribution is -2.50. The summed E-state index contributed by atoms with van der Waals surface area (Å²) in [5.74, 6) is 1.19. The number of morpholine rings is 1. The van der Waals surface area contributed by atoms with Gasteiger partial charge < -0.3 is 19.4 Å². The van der Waals surface area contributed by atoms with Crippen molar-refractivity contribution in [3.05, 3.63) is 36.2 Å². The SMILES string of the molecule is CCC(=O)N1CCN(c2cc(N3CCO[C@@H](C)[C@@H]3C)nc(-n3c(C(F)F)nc4ccccc43)n2)CC1. The number of piperazine rings is 1. The highest BCUT2D eigenvalue weighted by Gasteiger charge is 2.30. The molecule has 192 valence electrons. The average Bonchev–Trinajstić information content (AvgIpc) is 3.30. The van der Waals surface area contributed by atoms with Crippen LogP contribution in [0.15, 0.2) is 30.3 Å². The fourth-order valence-corrected chi connectivity index (χ4v) is 4.89. The van der Waals surface area contributed by atoms with E-state index in [1.165, 1.54) is 4.57 Å². The summed E-state index contributed by atoms with van der Waals surface area (Å²) in [6, 6.07) is 8.97. The third-order valence-electron chi connectivity index (χ3n) is 7.11. The Morgan fingerprint density at radius 2 is 1.78 bits per heavy atom. The van der Waals surface area contributed by atoms with Gasteiger partial charge in [-0.15, -0.1) is 0 Å². The molecule has 2 aliphatic rings. The van der Waals surface area contributed by atoms with Gasteiger partial charge >= 0.3 is 0 Å². The third kappa shape index (κ3) is 4.47. The normalized spacial score (nSPS) is 21.0. The number of amides is 1. The van der Waals surface area contributed by atoms with Crippen LogP contribution in [0.25, 0.3) is 17.0 Å². The van der Waals surface area contributed by atoms with Gasteiger partial charge in [-0.25, -0.2) is 13.8 Å². The molecule has 2 saturated heterocycles. The van der Waals surface area contributed by atoms with Crippen LogP contribution in [0.4, 0.5) is 20.4 Å². The Balaban J connectivity index is 1.60. The fourth-order valence-electron chi connectivity index (χ4n) is 4.89. The second kappa shape index (κ2) is 9.96. The Morgan fingerprint density at radius 1 is 1.06 bits per heavy atom. The molecule has 2 fully saturated rings. The van der Waals surface area contributed by atoms with E-state index in [-0.39, 0.29) is 29.8 Å². The monoisotopic (exact) mass is 499 g/mol. The quantitative estimate of drug-likeness (QED) is 0.532. The average molecular weight is 500 g/mol. The predicted octanol–water partition coefficient (Wildman–Crippen LogP) is 3.43. The van der Waals surface area contributed by atoms with Gasteiger partial charge in [0.1, 0.15) is 11.6 Å². The molecular formula is C25H31F2N7O2. The molecule has 36 heavy (non-hydrogen) atoms. The first kappa shape index (κ1) is 24.4. The Morgan fingerprint density at radius 3 is 2.50 bits per heavy atom. The zero-order chi connectivity index (χ0) is 25.4. The van der Waals surface area contributed by atoms with E-state index in [0.29, 0.717) is 68.4 Å². The lowest BCUT2D eigenvalue weighted by atomic mass is 10.1. The van der Waals surface area contributed by atoms with E-state index >= 15 is 0 Å². The summed E-state index contributed by atoms with van der Waals surface area (Å²) >= 11 is 0. The van der Waals surface area contributed by atoms with Crippen LogP contribution >= 0.6 is 0 Å². The van der Waals surface area contributed by atoms with Crippen LogP contribution in [0.5, 0.6) is 0 Å². The number of imidazole rings is 1. The van der Waals surface area contributed by atoms with Gasteiger partial charge in [-0.1, -0.05) is 19.1 Å². The van der Waals surface area contributed by atoms with Crippen LogP contribution in [0.3, 0.4) is 0 Å². The number of fused-ring (bicyclic) bond motifs is 1. The molecule has 0 bridgehead atoms. The van der Waals surface area contributed by atoms with Crippen molar-refractivity contribution in [2.45, 2.75) is 45.8 Å². The van der Waals surface area contributed by atoms with Crippen molar-refractivity contribution < 1.29 is 18.3 Å². The van der Waals surface area contributed by atoms with Crippen LogP contribution in [-0.2, 0) is 9.53 Å². The molecule has 1 amide bonds. The number of para-hydroxylation sites is 2. The number of anilines is 2. The molecule has 0 saturated carbocycles. The second-order valence-electron chi connectivity index (χ2n) is 9.21. The van der Waals surface area contributed by atoms with Gasteiger partial charge in [0.2, 0.25) is 11.9 Å². The molecule has 2 aromatic heterocycles. The van der Waals surface area contributed by atoms with Crippen molar-refractivity contribution in [3.8, 4) is 5.95 Å². The van der Waals surface area contributed by atoms with Crippen LogP contribution < -0.4 is 9.80 Å². The number of alkyl halides is 2. The van der Waals surface area contributed by atoms with E-state index in [1.54, 1.807) is 24.3 Å². The van der Waals surface area contributed by atoms with Gasteiger partial charge in [-0.2, -0.15) is 9.97 Å². The highest BCUT2D eigenvalue weighted by atomic mass is 19.3. The van der Waals surface area contributed by atoms with E-state index < -0.39 is 6.43 Å². The molecule has 2 atom stereocenters. The molecule has 11 heteroatoms. The molecule has 0 N–H and O–H groups in total. The van der Waals surface area contributed by atoms with Gasteiger partial charge in [0.25, 0.3) is 6.43 Å². The molecule has 0 spiro atoms. The number of carbonyl (C=O) groups is 1. The summed E-state index contributed by atoms with van der Waals surface area (Å²) in [7, 11) is 0. The Bertz CT molecular complexity index is 1240. The predicted molar refractivity (Wildman–Crippen MR) is 133 cm³/mol. The van der Waals surface area contributed by atoms with Crippen LogP contribution in [-0.4, -0.2) is 81.8 Å². The van der Waals surface area contributed by atoms with E-state index in [0.717, 1.165) is 0 Å². The van der Waals surface area contributed by atoms with Gasteiger partial charge in [0, 0.05) is 45.2 Å². The van der Waals surface area contributed by atoms with E-state index in [1.807, 2.05) is 24.8 Å². The summed E-state index contributed by atoms with van der Waals surface area (Å²) in [6.07, 6.45) is -2.33. The minimum atomic E-state index is -2.79. The summed E-state index contributed by atoms with van der Waals surface area (Å²) < 4.78 is 35.4. The minimum absolute atomic E-state index is 0.00471. The third-order valence-corrected chi connectivity index (χ3v) is 7.11. The standard InChI is InChI=1S/C25H31F2N7O2/c1-4-22(35)32-11-9-31(10-12-32)20-15-21(33-13-14-36-17(3)16(33)2)30-25(29-20)34-19-8-6-5-7-18(19)28-24(34)23(26)27/h5-8,15-17,23H,4,9-14H2,1-3H3/t16-,17-/m0/s1. The number of rotatable bonds is 5. The molecule has 1 aromatic carbocycles. The van der Waals surface area contributed by atoms with Gasteiger partial charge in [0.15, 0.2) is 5.82 Å². The van der Waals surface area contributed by atoms with Crippen molar-refractivity contribution in [2.24, 2.45) is 0 Å². The van der Waals surface area contributed by atoms with Crippen molar-refractivity contribution in [1.82, 2.24) is 24.4 Å².